The molecule has 128 valence electrons. The first-order valence-electron chi connectivity index (χ1n) is 7.34. The molecule has 3 rings (SSSR count). The summed E-state index contributed by atoms with van der Waals surface area (Å²) in [6.45, 7) is 7.23. The third kappa shape index (κ3) is 2.89. The number of nitrogens with zero attached hydrogens (tertiary/aromatic N) is 3. The summed E-state index contributed by atoms with van der Waals surface area (Å²) in [4.78, 5) is 4.93. The minimum atomic E-state index is -3.97. The van der Waals surface area contributed by atoms with Crippen molar-refractivity contribution in [2.45, 2.75) is 38.6 Å². The van der Waals surface area contributed by atoms with Gasteiger partial charge in [-0.2, -0.15) is 18.0 Å². The first kappa shape index (κ1) is 16.8. The van der Waals surface area contributed by atoms with E-state index in [1.165, 1.54) is 28.0 Å². The number of anilines is 1. The van der Waals surface area contributed by atoms with E-state index in [2.05, 4.69) is 14.8 Å². The van der Waals surface area contributed by atoms with Gasteiger partial charge in [-0.3, -0.25) is 4.72 Å². The second-order valence-electron chi connectivity index (χ2n) is 5.84. The average Bonchev–Trinajstić information content (AvgIpc) is 2.98. The highest BCUT2D eigenvalue weighted by atomic mass is 32.2. The Morgan fingerprint density at radius 2 is 2.00 bits per heavy atom. The van der Waals surface area contributed by atoms with Crippen LogP contribution in [0.15, 0.2) is 23.2 Å². The second-order valence-corrected chi connectivity index (χ2v) is 8.59. The predicted molar refractivity (Wildman–Crippen MR) is 91.6 cm³/mol. The van der Waals surface area contributed by atoms with Crippen LogP contribution in [0, 0.1) is 19.7 Å². The fraction of sp³-hybridized carbons (Fsp3) is 0.333. The van der Waals surface area contributed by atoms with E-state index in [9.17, 15) is 12.8 Å². The first-order valence-corrected chi connectivity index (χ1v) is 9.64. The van der Waals surface area contributed by atoms with Crippen molar-refractivity contribution in [3.63, 3.8) is 0 Å². The van der Waals surface area contributed by atoms with Gasteiger partial charge in [0.05, 0.1) is 11.4 Å². The lowest BCUT2D eigenvalue weighted by molar-refractivity contribution is 0.589. The summed E-state index contributed by atoms with van der Waals surface area (Å²) in [6.07, 6.45) is 0. The van der Waals surface area contributed by atoms with Crippen LogP contribution in [0.4, 0.5) is 10.1 Å². The van der Waals surface area contributed by atoms with E-state index in [0.29, 0.717) is 21.2 Å². The maximum absolute atomic E-state index is 13.5. The Morgan fingerprint density at radius 3 is 2.67 bits per heavy atom. The average molecular weight is 368 g/mol. The molecule has 0 saturated carbocycles. The lowest BCUT2D eigenvalue weighted by atomic mass is 10.2. The Labute approximate surface area is 143 Å². The summed E-state index contributed by atoms with van der Waals surface area (Å²) in [6, 6.07) is 3.97. The molecular weight excluding hydrogens is 351 g/mol. The number of halogens is 1. The number of aromatic nitrogens is 3. The van der Waals surface area contributed by atoms with Gasteiger partial charge >= 0.3 is 0 Å². The van der Waals surface area contributed by atoms with E-state index in [4.69, 9.17) is 0 Å². The first-order chi connectivity index (χ1) is 11.2. The second kappa shape index (κ2) is 5.82. The molecule has 0 radical (unpaired) electrons. The maximum atomic E-state index is 13.5. The summed E-state index contributed by atoms with van der Waals surface area (Å²) < 4.78 is 43.2. The molecule has 0 unspecified atom stereocenters. The number of nitrogens with one attached hydrogen (secondary N) is 1. The summed E-state index contributed by atoms with van der Waals surface area (Å²) in [7, 11) is -3.97. The number of sulfonamides is 1. The molecule has 6 nitrogen and oxygen atoms in total. The van der Waals surface area contributed by atoms with Gasteiger partial charge in [0.25, 0.3) is 10.0 Å². The molecule has 0 fully saturated rings. The number of hydrogen-bond donors (Lipinski definition) is 1. The Balaban J connectivity index is 2.17. The molecular formula is C15H17FN4O2S2. The van der Waals surface area contributed by atoms with Gasteiger partial charge in [0.15, 0.2) is 0 Å². The molecule has 0 atom stereocenters. The molecule has 0 aliphatic carbocycles. The molecule has 0 saturated heterocycles. The molecule has 0 aliphatic heterocycles. The normalized spacial score (nSPS) is 12.2. The summed E-state index contributed by atoms with van der Waals surface area (Å²) >= 11 is 1.32. The number of imidazole rings is 1. The van der Waals surface area contributed by atoms with E-state index in [0.717, 1.165) is 6.07 Å². The van der Waals surface area contributed by atoms with Gasteiger partial charge in [-0.15, -0.1) is 0 Å². The molecule has 0 amide bonds. The van der Waals surface area contributed by atoms with Gasteiger partial charge in [-0.1, -0.05) is 31.3 Å². The van der Waals surface area contributed by atoms with Gasteiger partial charge in [0, 0.05) is 0 Å². The molecule has 9 heteroatoms. The molecule has 0 spiro atoms. The van der Waals surface area contributed by atoms with E-state index in [1.807, 2.05) is 13.8 Å². The van der Waals surface area contributed by atoms with E-state index >= 15 is 0 Å². The standard InChI is InChI=1S/C15H17FN4O2S2/c1-8(2)13-14(20-15(17-13)23-10(4)18-20)24(21,22)19-12-7-11(16)6-5-9(12)3/h5-8,19H,1-4H3. The fourth-order valence-electron chi connectivity index (χ4n) is 2.37. The minimum Gasteiger partial charge on any atom is -0.278 e. The SMILES string of the molecule is Cc1nn2c(S(=O)(=O)Nc3cc(F)ccc3C)c(C(C)C)nc2s1. The lowest BCUT2D eigenvalue weighted by Gasteiger charge is -2.12. The van der Waals surface area contributed by atoms with Gasteiger partial charge in [0.2, 0.25) is 9.99 Å². The highest BCUT2D eigenvalue weighted by Crippen LogP contribution is 2.29. The summed E-state index contributed by atoms with van der Waals surface area (Å²) in [5.41, 5.74) is 1.27. The van der Waals surface area contributed by atoms with Crippen LogP contribution in [0.1, 0.15) is 36.0 Å². The van der Waals surface area contributed by atoms with Crippen molar-refractivity contribution in [2.24, 2.45) is 0 Å². The van der Waals surface area contributed by atoms with Gasteiger partial charge in [-0.25, -0.2) is 9.37 Å². The molecule has 24 heavy (non-hydrogen) atoms. The van der Waals surface area contributed by atoms with Crippen molar-refractivity contribution in [3.8, 4) is 0 Å². The zero-order valence-corrected chi connectivity index (χ0v) is 15.3. The number of benzene rings is 1. The van der Waals surface area contributed by atoms with E-state index in [-0.39, 0.29) is 16.6 Å². The van der Waals surface area contributed by atoms with Crippen LogP contribution in [0.5, 0.6) is 0 Å². The van der Waals surface area contributed by atoms with Gasteiger partial charge in [-0.05, 0) is 37.5 Å². The van der Waals surface area contributed by atoms with Crippen molar-refractivity contribution >= 4 is 32.0 Å². The fourth-order valence-corrected chi connectivity index (χ4v) is 4.69. The molecule has 2 heterocycles. The van der Waals surface area contributed by atoms with Crippen molar-refractivity contribution in [1.29, 1.82) is 0 Å². The predicted octanol–water partition coefficient (Wildman–Crippen LogP) is 3.47. The summed E-state index contributed by atoms with van der Waals surface area (Å²) in [5.74, 6) is -0.607. The monoisotopic (exact) mass is 368 g/mol. The van der Waals surface area contributed by atoms with Crippen molar-refractivity contribution in [2.75, 3.05) is 4.72 Å². The third-order valence-electron chi connectivity index (χ3n) is 3.53. The highest BCUT2D eigenvalue weighted by molar-refractivity contribution is 7.92. The van der Waals surface area contributed by atoms with Crippen LogP contribution in [-0.2, 0) is 10.0 Å². The topological polar surface area (TPSA) is 76.4 Å². The molecule has 1 aromatic carbocycles. The van der Waals surface area contributed by atoms with Crippen molar-refractivity contribution in [1.82, 2.24) is 14.6 Å². The van der Waals surface area contributed by atoms with E-state index in [1.54, 1.807) is 13.8 Å². The van der Waals surface area contributed by atoms with Crippen LogP contribution in [0.25, 0.3) is 4.96 Å². The van der Waals surface area contributed by atoms with E-state index < -0.39 is 15.8 Å². The Kier molecular flexibility index (Phi) is 4.08. The largest absolute Gasteiger partial charge is 0.281 e. The molecule has 3 aromatic rings. The molecule has 1 N–H and O–H groups in total. The zero-order valence-electron chi connectivity index (χ0n) is 13.7. The van der Waals surface area contributed by atoms with Crippen molar-refractivity contribution in [3.05, 3.63) is 40.3 Å². The van der Waals surface area contributed by atoms with Gasteiger partial charge < -0.3 is 0 Å². The van der Waals surface area contributed by atoms with Crippen LogP contribution < -0.4 is 4.72 Å². The number of aryl methyl sites for hydroxylation is 2. The number of rotatable bonds is 4. The Hall–Kier alpha value is -2.00. The zero-order chi connectivity index (χ0) is 17.6. The number of fused-ring (bicyclic) bond motifs is 1. The van der Waals surface area contributed by atoms with Crippen molar-refractivity contribution < 1.29 is 12.8 Å². The Morgan fingerprint density at radius 1 is 1.29 bits per heavy atom. The quantitative estimate of drug-likeness (QED) is 0.765. The highest BCUT2D eigenvalue weighted by Gasteiger charge is 2.29. The molecule has 2 aromatic heterocycles. The number of hydrogen-bond acceptors (Lipinski definition) is 5. The smallest absolute Gasteiger partial charge is 0.278 e. The Bertz CT molecular complexity index is 1020. The van der Waals surface area contributed by atoms with Crippen LogP contribution in [-0.4, -0.2) is 23.0 Å². The third-order valence-corrected chi connectivity index (χ3v) is 5.74. The molecule has 0 aliphatic rings. The van der Waals surface area contributed by atoms with Crippen LogP contribution in [0.2, 0.25) is 0 Å². The minimum absolute atomic E-state index is 0.000473. The van der Waals surface area contributed by atoms with Crippen LogP contribution in [0.3, 0.4) is 0 Å². The van der Waals surface area contributed by atoms with Gasteiger partial charge in [0.1, 0.15) is 10.8 Å². The summed E-state index contributed by atoms with van der Waals surface area (Å²) in [5, 5.41) is 4.96. The maximum Gasteiger partial charge on any atom is 0.281 e. The molecule has 0 bridgehead atoms. The lowest BCUT2D eigenvalue weighted by Crippen LogP contribution is -2.18. The van der Waals surface area contributed by atoms with Crippen LogP contribution >= 0.6 is 11.3 Å².